The number of nitrogens with zero attached hydrogens (tertiary/aromatic N) is 2. The minimum Gasteiger partial charge on any atom is -0.360 e. The highest BCUT2D eigenvalue weighted by molar-refractivity contribution is 7.17. The smallest absolute Gasteiger partial charge is 0.282 e. The van der Waals surface area contributed by atoms with Crippen molar-refractivity contribution >= 4 is 22.4 Å². The molecule has 6 heteroatoms. The zero-order chi connectivity index (χ0) is 12.3. The first-order valence-electron chi connectivity index (χ1n) is 5.98. The van der Waals surface area contributed by atoms with Crippen LogP contribution in [0.3, 0.4) is 0 Å². The summed E-state index contributed by atoms with van der Waals surface area (Å²) in [6.07, 6.45) is 3.67. The largest absolute Gasteiger partial charge is 0.360 e. The number of rotatable bonds is 5. The molecule has 0 atom stereocenters. The summed E-state index contributed by atoms with van der Waals surface area (Å²) >= 11 is 1.30. The Morgan fingerprint density at radius 3 is 2.82 bits per heavy atom. The Morgan fingerprint density at radius 1 is 1.47 bits per heavy atom. The SMILES string of the molecule is CCNc1nnc(C(=O)NCC2(C)CCC2)s1. The Morgan fingerprint density at radius 2 is 2.24 bits per heavy atom. The molecule has 17 heavy (non-hydrogen) atoms. The molecule has 1 saturated carbocycles. The van der Waals surface area contributed by atoms with E-state index < -0.39 is 0 Å². The summed E-state index contributed by atoms with van der Waals surface area (Å²) in [6.45, 7) is 5.72. The number of carbonyl (C=O) groups excluding carboxylic acids is 1. The van der Waals surface area contributed by atoms with Gasteiger partial charge in [0.1, 0.15) is 0 Å². The minimum atomic E-state index is -0.111. The predicted octanol–water partition coefficient (Wildman–Crippen LogP) is 1.89. The first-order chi connectivity index (χ1) is 8.13. The van der Waals surface area contributed by atoms with Gasteiger partial charge >= 0.3 is 0 Å². The summed E-state index contributed by atoms with van der Waals surface area (Å²) in [4.78, 5) is 11.8. The normalized spacial score (nSPS) is 17.3. The molecule has 94 valence electrons. The lowest BCUT2D eigenvalue weighted by atomic mass is 9.70. The Balaban J connectivity index is 1.85. The number of aromatic nitrogens is 2. The van der Waals surface area contributed by atoms with Crippen LogP contribution in [-0.4, -0.2) is 29.2 Å². The third-order valence-corrected chi connectivity index (χ3v) is 4.06. The van der Waals surface area contributed by atoms with E-state index in [4.69, 9.17) is 0 Å². The van der Waals surface area contributed by atoms with Gasteiger partial charge in [-0.15, -0.1) is 10.2 Å². The highest BCUT2D eigenvalue weighted by atomic mass is 32.1. The quantitative estimate of drug-likeness (QED) is 0.842. The fourth-order valence-electron chi connectivity index (χ4n) is 1.86. The van der Waals surface area contributed by atoms with E-state index in [1.54, 1.807) is 0 Å². The Labute approximate surface area is 105 Å². The summed E-state index contributed by atoms with van der Waals surface area (Å²) in [5.41, 5.74) is 0.296. The third-order valence-electron chi connectivity index (χ3n) is 3.18. The predicted molar refractivity (Wildman–Crippen MR) is 68.4 cm³/mol. The molecule has 0 saturated heterocycles. The van der Waals surface area contributed by atoms with E-state index in [2.05, 4.69) is 27.8 Å². The number of nitrogens with one attached hydrogen (secondary N) is 2. The molecule has 0 aromatic carbocycles. The molecular formula is C11H18N4OS. The maximum absolute atomic E-state index is 11.8. The number of hydrogen-bond acceptors (Lipinski definition) is 5. The molecule has 0 unspecified atom stereocenters. The molecule has 1 aliphatic carbocycles. The first-order valence-corrected chi connectivity index (χ1v) is 6.80. The summed E-state index contributed by atoms with van der Waals surface area (Å²) in [5, 5.41) is 14.9. The van der Waals surface area contributed by atoms with Crippen LogP contribution in [0.25, 0.3) is 0 Å². The van der Waals surface area contributed by atoms with Gasteiger partial charge in [-0.25, -0.2) is 0 Å². The molecule has 0 radical (unpaired) electrons. The van der Waals surface area contributed by atoms with Crippen LogP contribution in [0.5, 0.6) is 0 Å². The van der Waals surface area contributed by atoms with Gasteiger partial charge in [0.25, 0.3) is 5.91 Å². The molecule has 0 aliphatic heterocycles. The van der Waals surface area contributed by atoms with Crippen molar-refractivity contribution in [3.05, 3.63) is 5.01 Å². The molecule has 0 bridgehead atoms. The highest BCUT2D eigenvalue weighted by Crippen LogP contribution is 2.39. The molecule has 5 nitrogen and oxygen atoms in total. The van der Waals surface area contributed by atoms with Crippen LogP contribution >= 0.6 is 11.3 Å². The van der Waals surface area contributed by atoms with Gasteiger partial charge in [0, 0.05) is 13.1 Å². The summed E-state index contributed by atoms with van der Waals surface area (Å²) < 4.78 is 0. The van der Waals surface area contributed by atoms with E-state index in [1.807, 2.05) is 6.92 Å². The van der Waals surface area contributed by atoms with Gasteiger partial charge in [0.15, 0.2) is 0 Å². The third kappa shape index (κ3) is 2.94. The van der Waals surface area contributed by atoms with E-state index in [0.29, 0.717) is 15.6 Å². The molecule has 2 rings (SSSR count). The maximum atomic E-state index is 11.8. The molecule has 1 fully saturated rings. The summed E-state index contributed by atoms with van der Waals surface area (Å²) in [6, 6.07) is 0. The summed E-state index contributed by atoms with van der Waals surface area (Å²) in [5.74, 6) is -0.111. The fourth-order valence-corrected chi connectivity index (χ4v) is 2.59. The van der Waals surface area contributed by atoms with E-state index in [1.165, 1.54) is 30.6 Å². The first kappa shape index (κ1) is 12.3. The zero-order valence-electron chi connectivity index (χ0n) is 10.2. The average Bonchev–Trinajstić information content (AvgIpc) is 2.72. The van der Waals surface area contributed by atoms with Gasteiger partial charge in [-0.3, -0.25) is 4.79 Å². The number of anilines is 1. The standard InChI is InChI=1S/C11H18N4OS/c1-3-12-10-15-14-9(17-10)8(16)13-7-11(2)5-4-6-11/h3-7H2,1-2H3,(H,12,15)(H,13,16). The second-order valence-corrected chi connectivity index (χ2v) is 5.77. The number of hydrogen-bond donors (Lipinski definition) is 2. The van der Waals surface area contributed by atoms with Gasteiger partial charge in [0.05, 0.1) is 0 Å². The van der Waals surface area contributed by atoms with Crippen molar-refractivity contribution < 1.29 is 4.79 Å². The number of amides is 1. The van der Waals surface area contributed by atoms with Crippen molar-refractivity contribution in [1.29, 1.82) is 0 Å². The number of carbonyl (C=O) groups is 1. The topological polar surface area (TPSA) is 66.9 Å². The fraction of sp³-hybridized carbons (Fsp3) is 0.727. The molecule has 1 aliphatic rings. The van der Waals surface area contributed by atoms with Crippen molar-refractivity contribution in [2.24, 2.45) is 5.41 Å². The monoisotopic (exact) mass is 254 g/mol. The van der Waals surface area contributed by atoms with E-state index in [-0.39, 0.29) is 5.91 Å². The molecule has 1 aromatic rings. The molecular weight excluding hydrogens is 236 g/mol. The van der Waals surface area contributed by atoms with E-state index >= 15 is 0 Å². The van der Waals surface area contributed by atoms with Crippen LogP contribution in [0, 0.1) is 5.41 Å². The minimum absolute atomic E-state index is 0.111. The second kappa shape index (κ2) is 5.00. The molecule has 1 amide bonds. The molecule has 1 aromatic heterocycles. The van der Waals surface area contributed by atoms with Gasteiger partial charge in [-0.05, 0) is 25.2 Å². The van der Waals surface area contributed by atoms with Gasteiger partial charge in [-0.2, -0.15) is 0 Å². The zero-order valence-corrected chi connectivity index (χ0v) is 11.1. The van der Waals surface area contributed by atoms with Crippen LogP contribution in [0.2, 0.25) is 0 Å². The highest BCUT2D eigenvalue weighted by Gasteiger charge is 2.32. The van der Waals surface area contributed by atoms with Crippen LogP contribution < -0.4 is 10.6 Å². The summed E-state index contributed by atoms with van der Waals surface area (Å²) in [7, 11) is 0. The van der Waals surface area contributed by atoms with E-state index in [0.717, 1.165) is 13.1 Å². The second-order valence-electron chi connectivity index (χ2n) is 4.79. The lowest BCUT2D eigenvalue weighted by Crippen LogP contribution is -2.39. The van der Waals surface area contributed by atoms with Crippen molar-refractivity contribution in [3.63, 3.8) is 0 Å². The van der Waals surface area contributed by atoms with Gasteiger partial charge < -0.3 is 10.6 Å². The Hall–Kier alpha value is -1.17. The van der Waals surface area contributed by atoms with Crippen molar-refractivity contribution in [1.82, 2.24) is 15.5 Å². The van der Waals surface area contributed by atoms with Crippen molar-refractivity contribution in [2.75, 3.05) is 18.4 Å². The van der Waals surface area contributed by atoms with E-state index in [9.17, 15) is 4.79 Å². The van der Waals surface area contributed by atoms with Crippen LogP contribution in [0.1, 0.15) is 42.9 Å². The van der Waals surface area contributed by atoms with Gasteiger partial charge in [0.2, 0.25) is 10.1 Å². The van der Waals surface area contributed by atoms with Crippen LogP contribution in [-0.2, 0) is 0 Å². The lowest BCUT2D eigenvalue weighted by Gasteiger charge is -2.38. The average molecular weight is 254 g/mol. The molecule has 0 spiro atoms. The molecule has 1 heterocycles. The van der Waals surface area contributed by atoms with Crippen molar-refractivity contribution in [3.8, 4) is 0 Å². The van der Waals surface area contributed by atoms with Crippen LogP contribution in [0.4, 0.5) is 5.13 Å². The van der Waals surface area contributed by atoms with Crippen molar-refractivity contribution in [2.45, 2.75) is 33.1 Å². The Bertz CT molecular complexity index is 400. The lowest BCUT2D eigenvalue weighted by molar-refractivity contribution is 0.0889. The Kier molecular flexibility index (Phi) is 3.61. The van der Waals surface area contributed by atoms with Gasteiger partial charge in [-0.1, -0.05) is 24.7 Å². The maximum Gasteiger partial charge on any atom is 0.282 e. The van der Waals surface area contributed by atoms with Crippen LogP contribution in [0.15, 0.2) is 0 Å². The molecule has 2 N–H and O–H groups in total.